The molecule has 10 rings (SSSR count). The van der Waals surface area contributed by atoms with Gasteiger partial charge in [0.2, 0.25) is 17.1 Å². The van der Waals surface area contributed by atoms with Gasteiger partial charge in [-0.15, -0.1) is 22.7 Å². The molecule has 0 N–H and O–H groups in total. The zero-order valence-electron chi connectivity index (χ0n) is 21.3. The molecule has 0 fully saturated rings. The molecule has 1 aliphatic carbocycles. The van der Waals surface area contributed by atoms with E-state index in [0.717, 1.165) is 0 Å². The largest absolute Gasteiger partial charge is 0.318 e. The molecule has 0 bridgehead atoms. The molecular formula is C36H21N2S2+. The Hall–Kier alpha value is -4.51. The fraction of sp³-hybridized carbons (Fsp3) is 0.0278. The molecule has 2 nitrogen and oxygen atoms in total. The van der Waals surface area contributed by atoms with E-state index in [2.05, 4.69) is 131 Å². The van der Waals surface area contributed by atoms with Crippen LogP contribution in [0.5, 0.6) is 0 Å². The average molecular weight is 546 g/mol. The molecule has 0 saturated carbocycles. The van der Waals surface area contributed by atoms with Crippen molar-refractivity contribution in [1.82, 2.24) is 9.14 Å². The summed E-state index contributed by atoms with van der Waals surface area (Å²) in [4.78, 5) is 0. The van der Waals surface area contributed by atoms with Crippen molar-refractivity contribution in [2.75, 3.05) is 0 Å². The van der Waals surface area contributed by atoms with Crippen molar-refractivity contribution in [2.24, 2.45) is 0 Å². The van der Waals surface area contributed by atoms with E-state index < -0.39 is 0 Å². The van der Waals surface area contributed by atoms with Crippen molar-refractivity contribution >= 4 is 102 Å². The standard InChI is InChI=1S/C36H21N2S2/c1-6-18-33-21(9-1)24-12-8-16-30(36(24)40-33)37-27-13-3-4-14-28(27)38-31-20-34-26(22-10-2-5-17-32(22)39-34)19-25(31)23-11-7-15-29(37)35(23)38/h1-20,28H/q+1. The molecule has 2 aliphatic rings. The summed E-state index contributed by atoms with van der Waals surface area (Å²) in [7, 11) is 0. The van der Waals surface area contributed by atoms with Gasteiger partial charge < -0.3 is 4.57 Å². The molecule has 1 atom stereocenters. The van der Waals surface area contributed by atoms with Crippen LogP contribution in [0.2, 0.25) is 0 Å². The quantitative estimate of drug-likeness (QED) is 0.181. The predicted molar refractivity (Wildman–Crippen MR) is 175 cm³/mol. The summed E-state index contributed by atoms with van der Waals surface area (Å²) in [5.41, 5.74) is 6.42. The van der Waals surface area contributed by atoms with Crippen molar-refractivity contribution in [3.8, 4) is 0 Å². The first kappa shape index (κ1) is 21.3. The molecule has 0 radical (unpaired) electrons. The highest BCUT2D eigenvalue weighted by atomic mass is 32.1. The number of benzene rings is 5. The number of thiophene rings is 2. The molecule has 186 valence electrons. The molecule has 3 aromatic heterocycles. The number of rotatable bonds is 1. The van der Waals surface area contributed by atoms with E-state index in [9.17, 15) is 0 Å². The van der Waals surface area contributed by atoms with Gasteiger partial charge in [-0.3, -0.25) is 0 Å². The summed E-state index contributed by atoms with van der Waals surface area (Å²) in [6.45, 7) is 0. The van der Waals surface area contributed by atoms with Gasteiger partial charge in [0, 0.05) is 64.6 Å². The Morgan fingerprint density at radius 1 is 0.575 bits per heavy atom. The van der Waals surface area contributed by atoms with Crippen LogP contribution in [0, 0.1) is 0 Å². The first-order chi connectivity index (χ1) is 19.8. The van der Waals surface area contributed by atoms with E-state index in [1.54, 1.807) is 0 Å². The molecule has 0 saturated heterocycles. The fourth-order valence-electron chi connectivity index (χ4n) is 7.03. The van der Waals surface area contributed by atoms with Crippen LogP contribution in [0.1, 0.15) is 6.04 Å². The van der Waals surface area contributed by atoms with Gasteiger partial charge >= 0.3 is 0 Å². The second-order valence-corrected chi connectivity index (χ2v) is 12.8. The predicted octanol–water partition coefficient (Wildman–Crippen LogP) is 10.5. The van der Waals surface area contributed by atoms with Crippen molar-refractivity contribution in [3.63, 3.8) is 0 Å². The molecule has 40 heavy (non-hydrogen) atoms. The molecule has 4 heterocycles. The fourth-order valence-corrected chi connectivity index (χ4v) is 9.36. The lowest BCUT2D eigenvalue weighted by Gasteiger charge is -2.24. The Bertz CT molecular complexity index is 2500. The van der Waals surface area contributed by atoms with E-state index >= 15 is 0 Å². The second-order valence-electron chi connectivity index (χ2n) is 10.7. The molecule has 4 heteroatoms. The highest BCUT2D eigenvalue weighted by Crippen LogP contribution is 2.48. The average Bonchev–Trinajstić information content (AvgIpc) is 3.67. The van der Waals surface area contributed by atoms with Crippen LogP contribution in [-0.2, 0) is 0 Å². The monoisotopic (exact) mass is 545 g/mol. The van der Waals surface area contributed by atoms with Crippen molar-refractivity contribution in [3.05, 3.63) is 121 Å². The number of hydrogen-bond acceptors (Lipinski definition) is 2. The van der Waals surface area contributed by atoms with Crippen molar-refractivity contribution in [2.45, 2.75) is 6.04 Å². The van der Waals surface area contributed by atoms with Crippen molar-refractivity contribution in [1.29, 1.82) is 0 Å². The van der Waals surface area contributed by atoms with Crippen LogP contribution in [0.15, 0.2) is 121 Å². The lowest BCUT2D eigenvalue weighted by atomic mass is 10.0. The molecule has 1 unspecified atom stereocenters. The lowest BCUT2D eigenvalue weighted by Crippen LogP contribution is -2.30. The third kappa shape index (κ3) is 2.61. The minimum atomic E-state index is 0.122. The third-order valence-corrected chi connectivity index (χ3v) is 11.0. The van der Waals surface area contributed by atoms with E-state index in [-0.39, 0.29) is 6.04 Å². The molecule has 5 aromatic carbocycles. The summed E-state index contributed by atoms with van der Waals surface area (Å²) in [6.07, 6.45) is 9.06. The number of allylic oxidation sites excluding steroid dienone is 4. The zero-order valence-corrected chi connectivity index (χ0v) is 23.0. The van der Waals surface area contributed by atoms with Gasteiger partial charge in [0.15, 0.2) is 0 Å². The lowest BCUT2D eigenvalue weighted by molar-refractivity contribution is 0.782. The Kier molecular flexibility index (Phi) is 4.04. The van der Waals surface area contributed by atoms with Gasteiger partial charge in [-0.2, -0.15) is 4.58 Å². The van der Waals surface area contributed by atoms with E-state index in [4.69, 9.17) is 0 Å². The summed E-state index contributed by atoms with van der Waals surface area (Å²) >= 11 is 3.80. The summed E-state index contributed by atoms with van der Waals surface area (Å²) in [5.74, 6) is 0. The summed E-state index contributed by atoms with van der Waals surface area (Å²) in [6, 6.07) is 36.2. The van der Waals surface area contributed by atoms with Gasteiger partial charge in [-0.1, -0.05) is 78.9 Å². The maximum Gasteiger partial charge on any atom is 0.236 e. The van der Waals surface area contributed by atoms with Gasteiger partial charge in [0.05, 0.1) is 5.52 Å². The highest BCUT2D eigenvalue weighted by Gasteiger charge is 2.38. The van der Waals surface area contributed by atoms with Crippen LogP contribution in [0.3, 0.4) is 0 Å². The first-order valence-corrected chi connectivity index (χ1v) is 15.3. The number of aromatic nitrogens is 1. The Labute approximate surface area is 237 Å². The van der Waals surface area contributed by atoms with Gasteiger partial charge in [0.1, 0.15) is 16.3 Å². The Morgan fingerprint density at radius 3 is 2.17 bits per heavy atom. The molecule has 8 aromatic rings. The summed E-state index contributed by atoms with van der Waals surface area (Å²) in [5, 5.41) is 8.02. The second kappa shape index (κ2) is 7.57. The van der Waals surface area contributed by atoms with Crippen LogP contribution < -0.4 is 4.58 Å². The zero-order chi connectivity index (χ0) is 25.9. The Balaban J connectivity index is 1.35. The number of para-hydroxylation sites is 1. The summed E-state index contributed by atoms with van der Waals surface area (Å²) < 4.78 is 10.5. The number of nitrogens with zero attached hydrogens (tertiary/aromatic N) is 2. The SMILES string of the molecule is C1=CC2=[N+](c3cccc4c3sc3ccccc34)c3cccc4c5cc6c(cc5n(c34)C2C=C1)sc1ccccc16. The van der Waals surface area contributed by atoms with Crippen LogP contribution in [0.25, 0.3) is 62.2 Å². The first-order valence-electron chi connectivity index (χ1n) is 13.7. The van der Waals surface area contributed by atoms with E-state index in [1.165, 1.54) is 79.2 Å². The molecule has 0 spiro atoms. The van der Waals surface area contributed by atoms with Crippen molar-refractivity contribution < 1.29 is 0 Å². The van der Waals surface area contributed by atoms with Crippen LogP contribution >= 0.6 is 22.7 Å². The maximum absolute atomic E-state index is 2.58. The van der Waals surface area contributed by atoms with Gasteiger partial charge in [-0.05, 0) is 24.3 Å². The van der Waals surface area contributed by atoms with Crippen LogP contribution in [-0.4, -0.2) is 10.3 Å². The molecular weight excluding hydrogens is 525 g/mol. The maximum atomic E-state index is 2.58. The number of fused-ring (bicyclic) bond motifs is 11. The van der Waals surface area contributed by atoms with E-state index in [0.29, 0.717) is 0 Å². The Morgan fingerprint density at radius 2 is 1.30 bits per heavy atom. The third-order valence-electron chi connectivity index (χ3n) is 8.68. The molecule has 0 amide bonds. The van der Waals surface area contributed by atoms with Gasteiger partial charge in [0.25, 0.3) is 0 Å². The molecule has 1 aliphatic heterocycles. The topological polar surface area (TPSA) is 7.94 Å². The normalized spacial score (nSPS) is 16.4. The van der Waals surface area contributed by atoms with Crippen LogP contribution in [0.4, 0.5) is 11.4 Å². The minimum Gasteiger partial charge on any atom is -0.318 e. The number of hydrogen-bond donors (Lipinski definition) is 0. The highest BCUT2D eigenvalue weighted by molar-refractivity contribution is 7.26. The smallest absolute Gasteiger partial charge is 0.236 e. The van der Waals surface area contributed by atoms with E-state index in [1.807, 2.05) is 22.7 Å². The van der Waals surface area contributed by atoms with Gasteiger partial charge in [-0.25, -0.2) is 0 Å². The minimum absolute atomic E-state index is 0.122.